The maximum atomic E-state index is 12.3. The minimum atomic E-state index is -4.22. The normalized spacial score (nSPS) is 17.1. The van der Waals surface area contributed by atoms with E-state index < -0.39 is 19.3 Å². The number of nitrogens with two attached hydrogens (primary N) is 1. The van der Waals surface area contributed by atoms with E-state index in [1.165, 1.54) is 17.0 Å². The molecule has 0 atom stereocenters. The van der Waals surface area contributed by atoms with E-state index in [9.17, 15) is 22.0 Å². The first-order valence-corrected chi connectivity index (χ1v) is 6.63. The monoisotopic (exact) mass is 325 g/mol. The molecule has 9 heteroatoms. The van der Waals surface area contributed by atoms with Crippen LogP contribution in [0, 0.1) is 0 Å². The summed E-state index contributed by atoms with van der Waals surface area (Å²) in [6.45, 7) is -2.70. The van der Waals surface area contributed by atoms with Crippen molar-refractivity contribution < 1.29 is 26.7 Å². The van der Waals surface area contributed by atoms with Gasteiger partial charge in [-0.1, -0.05) is 0 Å². The summed E-state index contributed by atoms with van der Waals surface area (Å²) < 4.78 is 65.8. The molecule has 0 aromatic heterocycles. The molecule has 22 heavy (non-hydrogen) atoms. The van der Waals surface area contributed by atoms with E-state index in [-0.39, 0.29) is 24.5 Å². The van der Waals surface area contributed by atoms with Crippen molar-refractivity contribution in [2.75, 3.05) is 43.4 Å². The van der Waals surface area contributed by atoms with Gasteiger partial charge in [0.1, 0.15) is 0 Å². The highest BCUT2D eigenvalue weighted by Gasteiger charge is 2.32. The van der Waals surface area contributed by atoms with Crippen LogP contribution >= 0.6 is 0 Å². The van der Waals surface area contributed by atoms with Crippen LogP contribution in [0.25, 0.3) is 0 Å². The molecule has 1 aromatic rings. The summed E-state index contributed by atoms with van der Waals surface area (Å²) in [6, 6.07) is 4.45. The Morgan fingerprint density at radius 3 is 2.32 bits per heavy atom. The Morgan fingerprint density at radius 1 is 1.14 bits per heavy atom. The van der Waals surface area contributed by atoms with Gasteiger partial charge in [-0.3, -0.25) is 4.90 Å². The van der Waals surface area contributed by atoms with E-state index in [0.717, 1.165) is 0 Å². The molecular formula is C13H16F5N3O. The van der Waals surface area contributed by atoms with Gasteiger partial charge in [-0.05, 0) is 12.1 Å². The number of anilines is 2. The van der Waals surface area contributed by atoms with Crippen LogP contribution in [0.5, 0.6) is 5.75 Å². The van der Waals surface area contributed by atoms with Crippen molar-refractivity contribution in [3.05, 3.63) is 18.2 Å². The standard InChI is InChI=1S/C13H16F5N3O/c14-12(15)22-11-7-9(1-2-10(11)19)21-5-3-20(4-6-21)8-13(16,17)18/h1-2,7,12H,3-6,8,19H2. The highest BCUT2D eigenvalue weighted by molar-refractivity contribution is 5.62. The third-order valence-electron chi connectivity index (χ3n) is 3.35. The van der Waals surface area contributed by atoms with Crippen LogP contribution in [0.1, 0.15) is 0 Å². The Kier molecular flexibility index (Phi) is 4.94. The minimum absolute atomic E-state index is 0.0831. The Morgan fingerprint density at radius 2 is 1.77 bits per heavy atom. The molecule has 124 valence electrons. The first kappa shape index (κ1) is 16.6. The largest absolute Gasteiger partial charge is 0.433 e. The van der Waals surface area contributed by atoms with E-state index >= 15 is 0 Å². The number of hydrogen-bond acceptors (Lipinski definition) is 4. The highest BCUT2D eigenvalue weighted by atomic mass is 19.4. The number of alkyl halides is 5. The molecule has 0 aliphatic carbocycles. The van der Waals surface area contributed by atoms with Crippen LogP contribution in [0.15, 0.2) is 18.2 Å². The number of piperazine rings is 1. The van der Waals surface area contributed by atoms with Gasteiger partial charge in [0, 0.05) is 37.9 Å². The third-order valence-corrected chi connectivity index (χ3v) is 3.35. The molecule has 2 rings (SSSR count). The van der Waals surface area contributed by atoms with Crippen molar-refractivity contribution >= 4 is 11.4 Å². The average Bonchev–Trinajstić information content (AvgIpc) is 2.40. The van der Waals surface area contributed by atoms with E-state index in [1.54, 1.807) is 6.07 Å². The number of benzene rings is 1. The fourth-order valence-corrected chi connectivity index (χ4v) is 2.34. The van der Waals surface area contributed by atoms with Gasteiger partial charge in [0.15, 0.2) is 5.75 Å². The zero-order valence-electron chi connectivity index (χ0n) is 11.6. The van der Waals surface area contributed by atoms with Crippen molar-refractivity contribution in [2.24, 2.45) is 0 Å². The zero-order chi connectivity index (χ0) is 16.3. The summed E-state index contributed by atoms with van der Waals surface area (Å²) in [5, 5.41) is 0. The van der Waals surface area contributed by atoms with Gasteiger partial charge < -0.3 is 15.4 Å². The van der Waals surface area contributed by atoms with Gasteiger partial charge in [0.2, 0.25) is 0 Å². The molecule has 4 nitrogen and oxygen atoms in total. The van der Waals surface area contributed by atoms with Crippen molar-refractivity contribution in [2.45, 2.75) is 12.8 Å². The SMILES string of the molecule is Nc1ccc(N2CCN(CC(F)(F)F)CC2)cc1OC(F)F. The molecule has 0 unspecified atom stereocenters. The molecular weight excluding hydrogens is 309 g/mol. The Labute approximate surface area is 124 Å². The number of halogens is 5. The predicted molar refractivity (Wildman–Crippen MR) is 72.2 cm³/mol. The molecule has 1 aliphatic rings. The summed E-state index contributed by atoms with van der Waals surface area (Å²) in [7, 11) is 0. The second-order valence-electron chi connectivity index (χ2n) is 4.98. The molecule has 1 fully saturated rings. The lowest BCUT2D eigenvalue weighted by Gasteiger charge is -2.36. The predicted octanol–water partition coefficient (Wildman–Crippen LogP) is 2.55. The number of ether oxygens (including phenoxy) is 1. The summed E-state index contributed by atoms with van der Waals surface area (Å²) in [6.07, 6.45) is -4.22. The van der Waals surface area contributed by atoms with Crippen LogP contribution in [-0.2, 0) is 0 Å². The molecule has 1 aromatic carbocycles. The highest BCUT2D eigenvalue weighted by Crippen LogP contribution is 2.29. The number of rotatable bonds is 4. The van der Waals surface area contributed by atoms with Crippen LogP contribution in [0.3, 0.4) is 0 Å². The number of nitrogens with zero attached hydrogens (tertiary/aromatic N) is 2. The Bertz CT molecular complexity index is 501. The number of hydrogen-bond donors (Lipinski definition) is 1. The Hall–Kier alpha value is -1.77. The van der Waals surface area contributed by atoms with Crippen LogP contribution < -0.4 is 15.4 Å². The maximum Gasteiger partial charge on any atom is 0.401 e. The molecule has 1 heterocycles. The van der Waals surface area contributed by atoms with E-state index in [0.29, 0.717) is 18.8 Å². The fraction of sp³-hybridized carbons (Fsp3) is 0.538. The van der Waals surface area contributed by atoms with Crippen LogP contribution in [0.2, 0.25) is 0 Å². The lowest BCUT2D eigenvalue weighted by molar-refractivity contribution is -0.146. The summed E-state index contributed by atoms with van der Waals surface area (Å²) in [5.41, 5.74) is 6.23. The lowest BCUT2D eigenvalue weighted by Crippen LogP contribution is -2.49. The molecule has 1 saturated heterocycles. The second kappa shape index (κ2) is 6.55. The minimum Gasteiger partial charge on any atom is -0.433 e. The van der Waals surface area contributed by atoms with E-state index in [2.05, 4.69) is 4.74 Å². The topological polar surface area (TPSA) is 41.7 Å². The molecule has 0 radical (unpaired) electrons. The number of nitrogen functional groups attached to an aromatic ring is 1. The second-order valence-corrected chi connectivity index (χ2v) is 4.98. The Balaban J connectivity index is 1.99. The van der Waals surface area contributed by atoms with Gasteiger partial charge >= 0.3 is 12.8 Å². The molecule has 0 bridgehead atoms. The molecule has 1 aliphatic heterocycles. The lowest BCUT2D eigenvalue weighted by atomic mass is 10.2. The molecule has 0 saturated carbocycles. The van der Waals surface area contributed by atoms with Crippen molar-refractivity contribution in [3.63, 3.8) is 0 Å². The van der Waals surface area contributed by atoms with Gasteiger partial charge in [-0.25, -0.2) is 0 Å². The first-order chi connectivity index (χ1) is 10.2. The average molecular weight is 325 g/mol. The molecule has 0 spiro atoms. The van der Waals surface area contributed by atoms with Crippen molar-refractivity contribution in [1.29, 1.82) is 0 Å². The van der Waals surface area contributed by atoms with E-state index in [1.807, 2.05) is 4.90 Å². The van der Waals surface area contributed by atoms with Gasteiger partial charge in [0.25, 0.3) is 0 Å². The maximum absolute atomic E-state index is 12.3. The zero-order valence-corrected chi connectivity index (χ0v) is 11.6. The summed E-state index contributed by atoms with van der Waals surface area (Å²) in [5.74, 6) is -0.134. The van der Waals surface area contributed by atoms with Crippen molar-refractivity contribution in [1.82, 2.24) is 4.90 Å². The smallest absolute Gasteiger partial charge is 0.401 e. The van der Waals surface area contributed by atoms with Crippen molar-refractivity contribution in [3.8, 4) is 5.75 Å². The fourth-order valence-electron chi connectivity index (χ4n) is 2.34. The van der Waals surface area contributed by atoms with Gasteiger partial charge in [-0.2, -0.15) is 22.0 Å². The van der Waals surface area contributed by atoms with Crippen LogP contribution in [0.4, 0.5) is 33.3 Å². The van der Waals surface area contributed by atoms with Crippen LogP contribution in [-0.4, -0.2) is 50.4 Å². The molecule has 0 amide bonds. The van der Waals surface area contributed by atoms with E-state index in [4.69, 9.17) is 5.73 Å². The summed E-state index contributed by atoms with van der Waals surface area (Å²) in [4.78, 5) is 3.12. The third kappa shape index (κ3) is 4.62. The quantitative estimate of drug-likeness (QED) is 0.682. The van der Waals surface area contributed by atoms with Gasteiger partial charge in [-0.15, -0.1) is 0 Å². The first-order valence-electron chi connectivity index (χ1n) is 6.63. The van der Waals surface area contributed by atoms with Gasteiger partial charge in [0.05, 0.1) is 12.2 Å². The summed E-state index contributed by atoms with van der Waals surface area (Å²) >= 11 is 0. The molecule has 2 N–H and O–H groups in total.